The fraction of sp³-hybridized carbons (Fsp3) is 1.00. The van der Waals surface area contributed by atoms with Gasteiger partial charge >= 0.3 is 0 Å². The minimum atomic E-state index is 1.20. The van der Waals surface area contributed by atoms with Crippen LogP contribution in [-0.4, -0.2) is 26.3 Å². The SMILES string of the molecule is CCCCCC[NH+]1CCCNC1. The van der Waals surface area contributed by atoms with E-state index in [0.717, 1.165) is 0 Å². The lowest BCUT2D eigenvalue weighted by Gasteiger charge is -2.24. The standard InChI is InChI=1S/C10H22N2/c1-2-3-4-5-8-12-9-6-7-11-10-12/h11H,2-10H2,1H3/p+1. The van der Waals surface area contributed by atoms with E-state index in [4.69, 9.17) is 0 Å². The molecule has 1 saturated heterocycles. The Morgan fingerprint density at radius 3 is 2.83 bits per heavy atom. The van der Waals surface area contributed by atoms with Crippen molar-refractivity contribution in [3.05, 3.63) is 0 Å². The van der Waals surface area contributed by atoms with Crippen LogP contribution in [0.4, 0.5) is 0 Å². The average molecular weight is 171 g/mol. The molecule has 0 amide bonds. The fourth-order valence-electron chi connectivity index (χ4n) is 1.83. The van der Waals surface area contributed by atoms with E-state index in [1.54, 1.807) is 4.90 Å². The Labute approximate surface area is 76.3 Å². The molecule has 1 aliphatic heterocycles. The number of hydrogen-bond acceptors (Lipinski definition) is 1. The smallest absolute Gasteiger partial charge is 0.130 e. The molecule has 0 radical (unpaired) electrons. The molecule has 1 fully saturated rings. The predicted octanol–water partition coefficient (Wildman–Crippen LogP) is 0.402. The number of unbranched alkanes of at least 4 members (excludes halogenated alkanes) is 3. The molecule has 1 rings (SSSR count). The van der Waals surface area contributed by atoms with Gasteiger partial charge in [0.05, 0.1) is 13.1 Å². The normalized spacial score (nSPS) is 24.2. The van der Waals surface area contributed by atoms with Crippen molar-refractivity contribution in [2.45, 2.75) is 39.0 Å². The Kier molecular flexibility index (Phi) is 5.37. The molecule has 2 nitrogen and oxygen atoms in total. The van der Waals surface area contributed by atoms with Gasteiger partial charge in [0.2, 0.25) is 0 Å². The van der Waals surface area contributed by atoms with Crippen molar-refractivity contribution in [3.8, 4) is 0 Å². The molecule has 0 aromatic carbocycles. The zero-order valence-corrected chi connectivity index (χ0v) is 8.36. The number of nitrogens with one attached hydrogen (secondary N) is 2. The summed E-state index contributed by atoms with van der Waals surface area (Å²) in [4.78, 5) is 1.76. The van der Waals surface area contributed by atoms with Gasteiger partial charge in [0.25, 0.3) is 0 Å². The third kappa shape index (κ3) is 4.07. The Bertz CT molecular complexity index is 98.0. The summed E-state index contributed by atoms with van der Waals surface area (Å²) in [6.45, 7) is 7.48. The van der Waals surface area contributed by atoms with Crippen LogP contribution >= 0.6 is 0 Å². The van der Waals surface area contributed by atoms with Crippen LogP contribution in [0.25, 0.3) is 0 Å². The quantitative estimate of drug-likeness (QED) is 0.573. The summed E-state index contributed by atoms with van der Waals surface area (Å²) in [6, 6.07) is 0. The first kappa shape index (κ1) is 10.0. The molecule has 72 valence electrons. The van der Waals surface area contributed by atoms with E-state index in [1.807, 2.05) is 0 Å². The number of hydrogen-bond donors (Lipinski definition) is 2. The van der Waals surface area contributed by atoms with Crippen molar-refractivity contribution in [2.75, 3.05) is 26.3 Å². The van der Waals surface area contributed by atoms with E-state index >= 15 is 0 Å². The summed E-state index contributed by atoms with van der Waals surface area (Å²) < 4.78 is 0. The first-order chi connectivity index (χ1) is 5.93. The maximum absolute atomic E-state index is 3.44. The third-order valence-electron chi connectivity index (χ3n) is 2.64. The molecule has 0 aliphatic carbocycles. The minimum absolute atomic E-state index is 1.20. The van der Waals surface area contributed by atoms with Crippen molar-refractivity contribution in [1.29, 1.82) is 0 Å². The van der Waals surface area contributed by atoms with E-state index in [2.05, 4.69) is 12.2 Å². The summed E-state index contributed by atoms with van der Waals surface area (Å²) in [5, 5.41) is 3.44. The van der Waals surface area contributed by atoms with Crippen LogP contribution < -0.4 is 10.2 Å². The van der Waals surface area contributed by atoms with Crippen LogP contribution in [0.1, 0.15) is 39.0 Å². The Balaban J connectivity index is 1.91. The van der Waals surface area contributed by atoms with Crippen molar-refractivity contribution in [3.63, 3.8) is 0 Å². The van der Waals surface area contributed by atoms with Gasteiger partial charge in [0.15, 0.2) is 0 Å². The Morgan fingerprint density at radius 1 is 1.25 bits per heavy atom. The molecule has 1 atom stereocenters. The molecule has 0 saturated carbocycles. The topological polar surface area (TPSA) is 16.5 Å². The second-order valence-corrected chi connectivity index (χ2v) is 3.84. The number of quaternary nitrogens is 1. The molecule has 12 heavy (non-hydrogen) atoms. The molecule has 1 unspecified atom stereocenters. The van der Waals surface area contributed by atoms with E-state index in [1.165, 1.54) is 58.4 Å². The molecule has 0 aromatic rings. The molecular formula is C10H23N2+. The highest BCUT2D eigenvalue weighted by Gasteiger charge is 2.10. The highest BCUT2D eigenvalue weighted by atomic mass is 15.2. The highest BCUT2D eigenvalue weighted by molar-refractivity contribution is 4.46. The molecule has 2 heteroatoms. The Morgan fingerprint density at radius 2 is 2.17 bits per heavy atom. The van der Waals surface area contributed by atoms with Gasteiger partial charge in [0.1, 0.15) is 6.67 Å². The summed E-state index contributed by atoms with van der Waals surface area (Å²) in [7, 11) is 0. The average Bonchev–Trinajstić information content (AvgIpc) is 2.14. The van der Waals surface area contributed by atoms with Gasteiger partial charge in [-0.2, -0.15) is 0 Å². The second kappa shape index (κ2) is 6.44. The maximum atomic E-state index is 3.44. The van der Waals surface area contributed by atoms with Crippen LogP contribution in [0, 0.1) is 0 Å². The van der Waals surface area contributed by atoms with E-state index in [9.17, 15) is 0 Å². The zero-order valence-electron chi connectivity index (χ0n) is 8.36. The van der Waals surface area contributed by atoms with Crippen molar-refractivity contribution < 1.29 is 4.90 Å². The van der Waals surface area contributed by atoms with Gasteiger partial charge in [-0.1, -0.05) is 19.8 Å². The molecule has 0 aromatic heterocycles. The van der Waals surface area contributed by atoms with E-state index in [-0.39, 0.29) is 0 Å². The Hall–Kier alpha value is -0.0800. The summed E-state index contributed by atoms with van der Waals surface area (Å²) in [5.74, 6) is 0. The van der Waals surface area contributed by atoms with Gasteiger partial charge in [-0.25, -0.2) is 0 Å². The van der Waals surface area contributed by atoms with Gasteiger partial charge in [0, 0.05) is 13.0 Å². The number of rotatable bonds is 5. The first-order valence-corrected chi connectivity index (χ1v) is 5.47. The van der Waals surface area contributed by atoms with Gasteiger partial charge < -0.3 is 4.90 Å². The lowest BCUT2D eigenvalue weighted by atomic mass is 10.2. The van der Waals surface area contributed by atoms with Crippen molar-refractivity contribution >= 4 is 0 Å². The third-order valence-corrected chi connectivity index (χ3v) is 2.64. The van der Waals surface area contributed by atoms with Crippen LogP contribution in [0.5, 0.6) is 0 Å². The molecule has 0 bridgehead atoms. The first-order valence-electron chi connectivity index (χ1n) is 5.47. The lowest BCUT2D eigenvalue weighted by Crippen LogP contribution is -3.14. The van der Waals surface area contributed by atoms with Gasteiger partial charge in [-0.3, -0.25) is 5.32 Å². The van der Waals surface area contributed by atoms with Crippen LogP contribution in [0.2, 0.25) is 0 Å². The maximum Gasteiger partial charge on any atom is 0.130 e. The highest BCUT2D eigenvalue weighted by Crippen LogP contribution is 1.95. The lowest BCUT2D eigenvalue weighted by molar-refractivity contribution is -0.907. The molecule has 0 spiro atoms. The monoisotopic (exact) mass is 171 g/mol. The molecule has 2 N–H and O–H groups in total. The van der Waals surface area contributed by atoms with E-state index in [0.29, 0.717) is 0 Å². The van der Waals surface area contributed by atoms with E-state index < -0.39 is 0 Å². The second-order valence-electron chi connectivity index (χ2n) is 3.84. The van der Waals surface area contributed by atoms with Crippen molar-refractivity contribution in [2.24, 2.45) is 0 Å². The zero-order chi connectivity index (χ0) is 8.65. The van der Waals surface area contributed by atoms with Gasteiger partial charge in [-0.05, 0) is 12.8 Å². The predicted molar refractivity (Wildman–Crippen MR) is 52.3 cm³/mol. The summed E-state index contributed by atoms with van der Waals surface area (Å²) in [6.07, 6.45) is 6.99. The van der Waals surface area contributed by atoms with Crippen LogP contribution in [-0.2, 0) is 0 Å². The summed E-state index contributed by atoms with van der Waals surface area (Å²) >= 11 is 0. The fourth-order valence-corrected chi connectivity index (χ4v) is 1.83. The minimum Gasteiger partial charge on any atom is -0.323 e. The van der Waals surface area contributed by atoms with Crippen LogP contribution in [0.15, 0.2) is 0 Å². The largest absolute Gasteiger partial charge is 0.323 e. The molecule has 1 heterocycles. The van der Waals surface area contributed by atoms with Crippen molar-refractivity contribution in [1.82, 2.24) is 5.32 Å². The molecule has 1 aliphatic rings. The van der Waals surface area contributed by atoms with Crippen LogP contribution in [0.3, 0.4) is 0 Å². The molecular weight excluding hydrogens is 148 g/mol. The summed E-state index contributed by atoms with van der Waals surface area (Å²) in [5.41, 5.74) is 0. The van der Waals surface area contributed by atoms with Gasteiger partial charge in [-0.15, -0.1) is 0 Å².